The summed E-state index contributed by atoms with van der Waals surface area (Å²) in [6, 6.07) is 2.87. The topological polar surface area (TPSA) is 89.9 Å². The first-order chi connectivity index (χ1) is 16.4. The van der Waals surface area contributed by atoms with E-state index in [0.717, 1.165) is 25.0 Å². The van der Waals surface area contributed by atoms with Gasteiger partial charge in [-0.2, -0.15) is 0 Å². The van der Waals surface area contributed by atoms with Crippen molar-refractivity contribution in [3.8, 4) is 5.75 Å². The molecule has 1 saturated carbocycles. The molecule has 1 aromatic heterocycles. The molecular formula is C24H22F2N3O5+. The maximum Gasteiger partial charge on any atom is 0.277 e. The number of carbonyl (C=O) groups is 2. The number of rotatable bonds is 4. The Morgan fingerprint density at radius 1 is 1.29 bits per heavy atom. The number of methoxy groups -OCH3 is 1. The maximum atomic E-state index is 14.0. The van der Waals surface area contributed by atoms with Crippen LogP contribution in [0, 0.1) is 17.6 Å². The van der Waals surface area contributed by atoms with E-state index >= 15 is 0 Å². The van der Waals surface area contributed by atoms with Crippen LogP contribution in [0.2, 0.25) is 0 Å². The van der Waals surface area contributed by atoms with Crippen LogP contribution in [0.3, 0.4) is 0 Å². The molecule has 3 fully saturated rings. The Bertz CT molecular complexity index is 1290. The molecule has 5 heterocycles. The Kier molecular flexibility index (Phi) is 4.70. The molecule has 34 heavy (non-hydrogen) atoms. The molecular weight excluding hydrogens is 448 g/mol. The third-order valence-corrected chi connectivity index (χ3v) is 7.30. The van der Waals surface area contributed by atoms with Crippen LogP contribution in [0.5, 0.6) is 5.75 Å². The fourth-order valence-corrected chi connectivity index (χ4v) is 5.68. The minimum Gasteiger partial charge on any atom is -0.491 e. The summed E-state index contributed by atoms with van der Waals surface area (Å²) in [6.07, 6.45) is 2.14. The smallest absolute Gasteiger partial charge is 0.277 e. The van der Waals surface area contributed by atoms with Gasteiger partial charge in [0.25, 0.3) is 11.8 Å². The van der Waals surface area contributed by atoms with Crippen LogP contribution < -0.4 is 15.5 Å². The molecule has 2 bridgehead atoms. The van der Waals surface area contributed by atoms with Crippen molar-refractivity contribution >= 4 is 11.8 Å². The predicted octanol–water partition coefficient (Wildman–Crippen LogP) is 2.10. The fourth-order valence-electron chi connectivity index (χ4n) is 5.68. The van der Waals surface area contributed by atoms with Gasteiger partial charge < -0.3 is 19.4 Å². The molecule has 7 rings (SSSR count). The van der Waals surface area contributed by atoms with E-state index in [0.29, 0.717) is 25.1 Å². The first kappa shape index (κ1) is 21.2. The largest absolute Gasteiger partial charge is 0.491 e. The third-order valence-electron chi connectivity index (χ3n) is 7.30. The van der Waals surface area contributed by atoms with E-state index in [4.69, 9.17) is 9.47 Å². The van der Waals surface area contributed by atoms with E-state index in [-0.39, 0.29) is 47.1 Å². The Labute approximate surface area is 193 Å². The van der Waals surface area contributed by atoms with Crippen LogP contribution in [0.25, 0.3) is 0 Å². The lowest BCUT2D eigenvalue weighted by molar-refractivity contribution is -0.0714. The lowest BCUT2D eigenvalue weighted by atomic mass is 9.80. The molecule has 1 aliphatic carbocycles. The second-order valence-electron chi connectivity index (χ2n) is 9.15. The van der Waals surface area contributed by atoms with Crippen molar-refractivity contribution in [1.29, 1.82) is 0 Å². The summed E-state index contributed by atoms with van der Waals surface area (Å²) >= 11 is 0. The molecule has 176 valence electrons. The van der Waals surface area contributed by atoms with Crippen LogP contribution >= 0.6 is 0 Å². The number of hydrogen-bond donors (Lipinski definition) is 1. The van der Waals surface area contributed by atoms with Gasteiger partial charge in [0.1, 0.15) is 42.0 Å². The van der Waals surface area contributed by atoms with Crippen molar-refractivity contribution in [3.63, 3.8) is 0 Å². The normalized spacial score (nSPS) is 24.2. The maximum absolute atomic E-state index is 14.0. The highest BCUT2D eigenvalue weighted by atomic mass is 19.1. The zero-order chi connectivity index (χ0) is 23.7. The van der Waals surface area contributed by atoms with Gasteiger partial charge in [0.2, 0.25) is 5.43 Å². The van der Waals surface area contributed by atoms with Gasteiger partial charge in [0.15, 0.2) is 24.3 Å². The molecule has 8 nitrogen and oxygen atoms in total. The molecule has 2 amide bonds. The SMILES string of the molecule is COc1c2n3c(c(C(=O)NCc4ccc(F)cc4F)c1=O)CCC3C1OC[C+]3CC(C3)N1C2=O. The predicted molar refractivity (Wildman–Crippen MR) is 114 cm³/mol. The number of nitrogens with zero attached hydrogens (tertiary/aromatic N) is 2. The van der Waals surface area contributed by atoms with Crippen LogP contribution in [0.1, 0.15) is 57.4 Å². The number of fused-ring (bicyclic) bond motifs is 1. The molecule has 2 atom stereocenters. The highest BCUT2D eigenvalue weighted by Crippen LogP contribution is 2.48. The molecule has 0 spiro atoms. The van der Waals surface area contributed by atoms with E-state index in [2.05, 4.69) is 5.32 Å². The number of halogens is 2. The van der Waals surface area contributed by atoms with Gasteiger partial charge in [-0.1, -0.05) is 6.07 Å². The summed E-state index contributed by atoms with van der Waals surface area (Å²) in [6.45, 7) is 0.274. The van der Waals surface area contributed by atoms with Gasteiger partial charge >= 0.3 is 0 Å². The Morgan fingerprint density at radius 3 is 2.82 bits per heavy atom. The summed E-state index contributed by atoms with van der Waals surface area (Å²) in [5.41, 5.74) is -0.114. The third kappa shape index (κ3) is 2.91. The van der Waals surface area contributed by atoms with E-state index in [9.17, 15) is 23.2 Å². The number of benzene rings is 1. The second-order valence-corrected chi connectivity index (χ2v) is 9.15. The molecule has 10 heteroatoms. The Hall–Kier alpha value is -3.40. The summed E-state index contributed by atoms with van der Waals surface area (Å²) in [4.78, 5) is 41.8. The van der Waals surface area contributed by atoms with Crippen molar-refractivity contribution in [2.24, 2.45) is 0 Å². The van der Waals surface area contributed by atoms with Crippen LogP contribution in [0.4, 0.5) is 8.78 Å². The Morgan fingerprint density at radius 2 is 2.09 bits per heavy atom. The lowest BCUT2D eigenvalue weighted by Crippen LogP contribution is -2.56. The van der Waals surface area contributed by atoms with Gasteiger partial charge in [0, 0.05) is 23.9 Å². The monoisotopic (exact) mass is 470 g/mol. The van der Waals surface area contributed by atoms with Gasteiger partial charge in [-0.15, -0.1) is 0 Å². The molecule has 2 unspecified atom stereocenters. The fraction of sp³-hybridized carbons (Fsp3) is 0.417. The quantitative estimate of drug-likeness (QED) is 0.692. The Balaban J connectivity index is 1.41. The molecule has 1 N–H and O–H groups in total. The second kappa shape index (κ2) is 7.56. The number of ether oxygens (including phenoxy) is 2. The summed E-state index contributed by atoms with van der Waals surface area (Å²) in [7, 11) is 1.30. The summed E-state index contributed by atoms with van der Waals surface area (Å²) in [5, 5.41) is 2.56. The number of nitrogens with one attached hydrogen (secondary N) is 1. The number of aromatic nitrogens is 1. The standard InChI is InChI=1S/C24H21F2N3O5/c1-33-21-19-23(32)28-14-6-11(7-14)10-34-24(28)17-5-4-16(29(17)19)18(20(21)30)22(31)27-9-12-2-3-13(25)8-15(12)26/h2-3,8,14,17,24H,4-7,9-10H2,1H3/p+1. The lowest BCUT2D eigenvalue weighted by Gasteiger charge is -2.43. The average Bonchev–Trinajstić information content (AvgIpc) is 2.99. The molecule has 2 aromatic rings. The minimum atomic E-state index is -0.794. The van der Waals surface area contributed by atoms with Crippen LogP contribution in [0.15, 0.2) is 23.0 Å². The van der Waals surface area contributed by atoms with Crippen LogP contribution in [-0.2, 0) is 17.7 Å². The summed E-state index contributed by atoms with van der Waals surface area (Å²) < 4.78 is 40.4. The van der Waals surface area contributed by atoms with Crippen molar-refractivity contribution < 1.29 is 27.8 Å². The average molecular weight is 470 g/mol. The van der Waals surface area contributed by atoms with Gasteiger partial charge in [0.05, 0.1) is 13.2 Å². The van der Waals surface area contributed by atoms with Crippen LogP contribution in [-0.4, -0.2) is 47.3 Å². The molecule has 5 aliphatic rings. The van der Waals surface area contributed by atoms with Gasteiger partial charge in [-0.05, 0) is 18.9 Å². The number of amides is 2. The zero-order valence-corrected chi connectivity index (χ0v) is 18.4. The number of pyridine rings is 1. The first-order valence-corrected chi connectivity index (χ1v) is 11.2. The number of carbonyl (C=O) groups excluding carboxylic acids is 2. The van der Waals surface area contributed by atoms with E-state index in [1.54, 1.807) is 9.47 Å². The van der Waals surface area contributed by atoms with Gasteiger partial charge in [-0.3, -0.25) is 19.3 Å². The molecule has 2 saturated heterocycles. The van der Waals surface area contributed by atoms with Crippen molar-refractivity contribution in [2.45, 2.75) is 50.5 Å². The van der Waals surface area contributed by atoms with E-state index in [1.807, 2.05) is 0 Å². The zero-order valence-electron chi connectivity index (χ0n) is 18.4. The highest BCUT2D eigenvalue weighted by Gasteiger charge is 2.58. The van der Waals surface area contributed by atoms with Crippen molar-refractivity contribution in [2.75, 3.05) is 13.7 Å². The van der Waals surface area contributed by atoms with Gasteiger partial charge in [-0.25, -0.2) is 8.78 Å². The van der Waals surface area contributed by atoms with E-state index < -0.39 is 29.2 Å². The first-order valence-electron chi connectivity index (χ1n) is 11.2. The van der Waals surface area contributed by atoms with Crippen molar-refractivity contribution in [3.05, 3.63) is 68.5 Å². The van der Waals surface area contributed by atoms with Crippen molar-refractivity contribution in [1.82, 2.24) is 14.8 Å². The summed E-state index contributed by atoms with van der Waals surface area (Å²) in [5.74, 6) is -1.46. The molecule has 4 aliphatic heterocycles. The highest BCUT2D eigenvalue weighted by molar-refractivity contribution is 6.01. The minimum absolute atomic E-state index is 0.0428. The number of hydrogen-bond acceptors (Lipinski definition) is 5. The molecule has 1 aromatic carbocycles. The molecule has 0 radical (unpaired) electrons. The van der Waals surface area contributed by atoms with E-state index in [1.165, 1.54) is 19.1 Å².